The predicted octanol–water partition coefficient (Wildman–Crippen LogP) is 4.26. The molecule has 0 aliphatic carbocycles. The van der Waals surface area contributed by atoms with Crippen LogP contribution in [0, 0.1) is 6.92 Å². The summed E-state index contributed by atoms with van der Waals surface area (Å²) in [6.45, 7) is -0.378. The largest absolute Gasteiger partial charge is 0.435 e. The van der Waals surface area contributed by atoms with E-state index >= 15 is 0 Å². The molecule has 6 heteroatoms. The van der Waals surface area contributed by atoms with Gasteiger partial charge in [0.15, 0.2) is 0 Å². The highest BCUT2D eigenvalue weighted by atomic mass is 35.5. The van der Waals surface area contributed by atoms with Crippen LogP contribution in [-0.2, 0) is 6.54 Å². The summed E-state index contributed by atoms with van der Waals surface area (Å²) >= 11 is 5.84. The Kier molecular flexibility index (Phi) is 4.74. The minimum atomic E-state index is -2.80. The molecule has 0 bridgehead atoms. The van der Waals surface area contributed by atoms with Crippen LogP contribution in [0.25, 0.3) is 0 Å². The van der Waals surface area contributed by atoms with E-state index in [2.05, 4.69) is 15.0 Å². The highest BCUT2D eigenvalue weighted by molar-refractivity contribution is 6.30. The molecule has 1 N–H and O–H groups in total. The smallest absolute Gasteiger partial charge is 0.387 e. The van der Waals surface area contributed by atoms with E-state index in [1.54, 1.807) is 18.3 Å². The first kappa shape index (κ1) is 14.5. The zero-order valence-corrected chi connectivity index (χ0v) is 11.5. The summed E-state index contributed by atoms with van der Waals surface area (Å²) in [6, 6.07) is 8.36. The van der Waals surface area contributed by atoms with Gasteiger partial charge in [-0.2, -0.15) is 8.78 Å². The number of alkyl halides is 2. The number of aromatic nitrogens is 1. The SMILES string of the molecule is Cc1cc(NCc2ccc(OC(F)F)cc2)cnc1Cl. The summed E-state index contributed by atoms with van der Waals surface area (Å²) in [4.78, 5) is 4.04. The number of halogens is 3. The van der Waals surface area contributed by atoms with Crippen molar-refractivity contribution < 1.29 is 13.5 Å². The van der Waals surface area contributed by atoms with Gasteiger partial charge >= 0.3 is 6.61 Å². The third kappa shape index (κ3) is 4.06. The van der Waals surface area contributed by atoms with Gasteiger partial charge in [-0.25, -0.2) is 4.98 Å². The molecule has 1 heterocycles. The lowest BCUT2D eigenvalue weighted by Crippen LogP contribution is -2.03. The van der Waals surface area contributed by atoms with E-state index in [4.69, 9.17) is 11.6 Å². The molecular weight excluding hydrogens is 286 g/mol. The molecule has 106 valence electrons. The van der Waals surface area contributed by atoms with E-state index in [9.17, 15) is 8.78 Å². The van der Waals surface area contributed by atoms with Gasteiger partial charge in [0, 0.05) is 6.54 Å². The molecule has 0 amide bonds. The molecule has 0 aliphatic heterocycles. The quantitative estimate of drug-likeness (QED) is 0.838. The first-order valence-electron chi connectivity index (χ1n) is 5.94. The van der Waals surface area contributed by atoms with Crippen molar-refractivity contribution in [3.8, 4) is 5.75 Å². The second-order valence-electron chi connectivity index (χ2n) is 4.21. The third-order valence-corrected chi connectivity index (χ3v) is 3.06. The van der Waals surface area contributed by atoms with Crippen LogP contribution in [0.2, 0.25) is 5.15 Å². The van der Waals surface area contributed by atoms with Crippen molar-refractivity contribution in [3.05, 3.63) is 52.8 Å². The summed E-state index contributed by atoms with van der Waals surface area (Å²) in [6.07, 6.45) is 1.64. The zero-order chi connectivity index (χ0) is 14.5. The maximum absolute atomic E-state index is 12.0. The summed E-state index contributed by atoms with van der Waals surface area (Å²) in [7, 11) is 0. The molecule has 1 aromatic heterocycles. The van der Waals surface area contributed by atoms with Crippen molar-refractivity contribution in [2.24, 2.45) is 0 Å². The van der Waals surface area contributed by atoms with E-state index in [-0.39, 0.29) is 5.75 Å². The van der Waals surface area contributed by atoms with Gasteiger partial charge in [0.05, 0.1) is 11.9 Å². The van der Waals surface area contributed by atoms with Gasteiger partial charge in [-0.1, -0.05) is 23.7 Å². The fraction of sp³-hybridized carbons (Fsp3) is 0.214. The monoisotopic (exact) mass is 298 g/mol. The second kappa shape index (κ2) is 6.52. The van der Waals surface area contributed by atoms with Gasteiger partial charge in [-0.05, 0) is 36.2 Å². The van der Waals surface area contributed by atoms with Crippen LogP contribution in [-0.4, -0.2) is 11.6 Å². The van der Waals surface area contributed by atoms with Gasteiger partial charge in [-0.15, -0.1) is 0 Å². The van der Waals surface area contributed by atoms with Gasteiger partial charge in [0.1, 0.15) is 10.9 Å². The fourth-order valence-electron chi connectivity index (χ4n) is 1.65. The van der Waals surface area contributed by atoms with Crippen LogP contribution in [0.1, 0.15) is 11.1 Å². The van der Waals surface area contributed by atoms with E-state index in [1.807, 2.05) is 13.0 Å². The number of hydrogen-bond acceptors (Lipinski definition) is 3. The minimum absolute atomic E-state index is 0.146. The number of rotatable bonds is 5. The second-order valence-corrected chi connectivity index (χ2v) is 4.57. The number of aryl methyl sites for hydroxylation is 1. The topological polar surface area (TPSA) is 34.1 Å². The Bertz CT molecular complexity index is 576. The fourth-order valence-corrected chi connectivity index (χ4v) is 1.75. The Balaban J connectivity index is 1.95. The normalized spacial score (nSPS) is 10.7. The number of benzene rings is 1. The molecule has 20 heavy (non-hydrogen) atoms. The van der Waals surface area contributed by atoms with Crippen molar-refractivity contribution >= 4 is 17.3 Å². The molecule has 0 radical (unpaired) electrons. The van der Waals surface area contributed by atoms with Crippen molar-refractivity contribution in [3.63, 3.8) is 0 Å². The number of nitrogens with zero attached hydrogens (tertiary/aromatic N) is 1. The lowest BCUT2D eigenvalue weighted by Gasteiger charge is -2.09. The molecule has 0 fully saturated rings. The molecule has 2 aromatic rings. The standard InChI is InChI=1S/C14H13ClF2N2O/c1-9-6-11(8-19-13(9)15)18-7-10-2-4-12(5-3-10)20-14(16)17/h2-6,8,14,18H,7H2,1H3. The first-order chi connectivity index (χ1) is 9.54. The lowest BCUT2D eigenvalue weighted by molar-refractivity contribution is -0.0498. The molecule has 0 saturated carbocycles. The lowest BCUT2D eigenvalue weighted by atomic mass is 10.2. The number of nitrogens with one attached hydrogen (secondary N) is 1. The Labute approximate surface area is 120 Å². The summed E-state index contributed by atoms with van der Waals surface area (Å²) in [5.41, 5.74) is 2.68. The molecule has 0 unspecified atom stereocenters. The highest BCUT2D eigenvalue weighted by Gasteiger charge is 2.04. The van der Waals surface area contributed by atoms with Crippen molar-refractivity contribution in [1.82, 2.24) is 4.98 Å². The summed E-state index contributed by atoms with van der Waals surface area (Å²) in [5, 5.41) is 3.66. The predicted molar refractivity (Wildman–Crippen MR) is 74.4 cm³/mol. The van der Waals surface area contributed by atoms with E-state index in [0.29, 0.717) is 11.7 Å². The third-order valence-electron chi connectivity index (χ3n) is 2.66. The van der Waals surface area contributed by atoms with Gasteiger partial charge in [0.25, 0.3) is 0 Å². The maximum atomic E-state index is 12.0. The van der Waals surface area contributed by atoms with Crippen molar-refractivity contribution in [1.29, 1.82) is 0 Å². The van der Waals surface area contributed by atoms with Crippen LogP contribution in [0.4, 0.5) is 14.5 Å². The van der Waals surface area contributed by atoms with Gasteiger partial charge in [-0.3, -0.25) is 0 Å². The number of pyridine rings is 1. The van der Waals surface area contributed by atoms with E-state index in [0.717, 1.165) is 16.8 Å². The Morgan fingerprint density at radius 2 is 2.00 bits per heavy atom. The number of ether oxygens (including phenoxy) is 1. The molecular formula is C14H13ClF2N2O. The molecule has 0 saturated heterocycles. The molecule has 0 aliphatic rings. The van der Waals surface area contributed by atoms with Crippen molar-refractivity contribution in [2.75, 3.05) is 5.32 Å². The number of anilines is 1. The maximum Gasteiger partial charge on any atom is 0.387 e. The van der Waals surface area contributed by atoms with Crippen LogP contribution < -0.4 is 10.1 Å². The molecule has 1 aromatic carbocycles. The molecule has 0 atom stereocenters. The van der Waals surface area contributed by atoms with Crippen LogP contribution in [0.15, 0.2) is 36.5 Å². The van der Waals surface area contributed by atoms with Gasteiger partial charge < -0.3 is 10.1 Å². The average molecular weight is 299 g/mol. The highest BCUT2D eigenvalue weighted by Crippen LogP contribution is 2.18. The minimum Gasteiger partial charge on any atom is -0.435 e. The van der Waals surface area contributed by atoms with E-state index < -0.39 is 6.61 Å². The van der Waals surface area contributed by atoms with Crippen molar-refractivity contribution in [2.45, 2.75) is 20.1 Å². The average Bonchev–Trinajstić information content (AvgIpc) is 2.41. The van der Waals surface area contributed by atoms with E-state index in [1.165, 1.54) is 12.1 Å². The Hall–Kier alpha value is -1.88. The van der Waals surface area contributed by atoms with Crippen LogP contribution >= 0.6 is 11.6 Å². The molecule has 2 rings (SSSR count). The first-order valence-corrected chi connectivity index (χ1v) is 6.32. The van der Waals surface area contributed by atoms with Gasteiger partial charge in [0.2, 0.25) is 0 Å². The zero-order valence-electron chi connectivity index (χ0n) is 10.7. The summed E-state index contributed by atoms with van der Waals surface area (Å²) in [5.74, 6) is 0.146. The molecule has 0 spiro atoms. The Morgan fingerprint density at radius 3 is 2.60 bits per heavy atom. The van der Waals surface area contributed by atoms with Crippen LogP contribution in [0.5, 0.6) is 5.75 Å². The molecule has 3 nitrogen and oxygen atoms in total. The Morgan fingerprint density at radius 1 is 1.30 bits per heavy atom. The van der Waals surface area contributed by atoms with Crippen LogP contribution in [0.3, 0.4) is 0 Å². The number of hydrogen-bond donors (Lipinski definition) is 1. The summed E-state index contributed by atoms with van der Waals surface area (Å²) < 4.78 is 28.3.